The normalized spacial score (nSPS) is 10.5. The van der Waals surface area contributed by atoms with Crippen molar-refractivity contribution in [2.45, 2.75) is 129 Å². The average molecular weight is 487 g/mol. The number of carbonyl (C=O) groups excluding carboxylic acids is 4. The van der Waals surface area contributed by atoms with Gasteiger partial charge in [-0.05, 0) is 25.7 Å². The molecule has 0 saturated heterocycles. The first-order valence-corrected chi connectivity index (χ1v) is 13.1. The molecular formula is C26H46O8. The second kappa shape index (κ2) is 24.0. The van der Waals surface area contributed by atoms with Crippen LogP contribution in [0.4, 0.5) is 0 Å². The topological polar surface area (TPSA) is 105 Å². The Morgan fingerprint density at radius 3 is 0.882 bits per heavy atom. The van der Waals surface area contributed by atoms with Crippen LogP contribution in [0, 0.1) is 0 Å². The van der Waals surface area contributed by atoms with E-state index < -0.39 is 0 Å². The van der Waals surface area contributed by atoms with Gasteiger partial charge in [-0.15, -0.1) is 0 Å². The van der Waals surface area contributed by atoms with E-state index in [1.54, 1.807) is 0 Å². The Balaban J connectivity index is 3.39. The molecule has 0 aliphatic heterocycles. The summed E-state index contributed by atoms with van der Waals surface area (Å²) in [6.45, 7) is 3.55. The molecule has 8 heteroatoms. The van der Waals surface area contributed by atoms with Crippen LogP contribution in [0.1, 0.15) is 129 Å². The second-order valence-electron chi connectivity index (χ2n) is 8.54. The van der Waals surface area contributed by atoms with Crippen molar-refractivity contribution in [3.63, 3.8) is 0 Å². The Hall–Kier alpha value is -2.12. The van der Waals surface area contributed by atoms with Crippen molar-refractivity contribution in [2.75, 3.05) is 13.6 Å². The summed E-state index contributed by atoms with van der Waals surface area (Å²) < 4.78 is 19.6. The molecule has 0 spiro atoms. The van der Waals surface area contributed by atoms with Crippen LogP contribution >= 0.6 is 0 Å². The lowest BCUT2D eigenvalue weighted by atomic mass is 10.1. The molecule has 34 heavy (non-hydrogen) atoms. The number of rotatable bonds is 23. The fraction of sp³-hybridized carbons (Fsp3) is 0.846. The third-order valence-electron chi connectivity index (χ3n) is 5.36. The van der Waals surface area contributed by atoms with E-state index >= 15 is 0 Å². The number of carbonyl (C=O) groups is 4. The minimum atomic E-state index is -0.334. The fourth-order valence-corrected chi connectivity index (χ4v) is 3.25. The second-order valence-corrected chi connectivity index (χ2v) is 8.54. The molecule has 0 fully saturated rings. The van der Waals surface area contributed by atoms with E-state index in [0.717, 1.165) is 89.9 Å². The van der Waals surface area contributed by atoms with E-state index in [1.807, 2.05) is 0 Å². The van der Waals surface area contributed by atoms with Gasteiger partial charge in [0.15, 0.2) is 0 Å². The Labute approximate surface area is 205 Å². The van der Waals surface area contributed by atoms with Gasteiger partial charge >= 0.3 is 23.9 Å². The van der Waals surface area contributed by atoms with Crippen LogP contribution in [-0.4, -0.2) is 37.5 Å². The molecular weight excluding hydrogens is 440 g/mol. The Bertz CT molecular complexity index is 499. The van der Waals surface area contributed by atoms with Crippen molar-refractivity contribution in [3.05, 3.63) is 0 Å². The van der Waals surface area contributed by atoms with Crippen LogP contribution in [0.5, 0.6) is 0 Å². The van der Waals surface area contributed by atoms with Crippen molar-refractivity contribution in [3.8, 4) is 0 Å². The minimum absolute atomic E-state index is 0.290. The Morgan fingerprint density at radius 1 is 0.382 bits per heavy atom. The molecule has 0 saturated carbocycles. The van der Waals surface area contributed by atoms with Crippen LogP contribution in [0.25, 0.3) is 0 Å². The Morgan fingerprint density at radius 2 is 0.618 bits per heavy atom. The molecule has 0 aromatic carbocycles. The first kappa shape index (κ1) is 31.9. The van der Waals surface area contributed by atoms with Crippen LogP contribution in [0.15, 0.2) is 0 Å². The minimum Gasteiger partial charge on any atom is -0.428 e. The van der Waals surface area contributed by atoms with Crippen molar-refractivity contribution in [1.82, 2.24) is 0 Å². The van der Waals surface area contributed by atoms with Gasteiger partial charge in [0.05, 0.1) is 0 Å². The zero-order valence-electron chi connectivity index (χ0n) is 21.4. The standard InChI is InChI=1S/C26H46O8/c1-3-5-13-17-23(27)31-21-33-25(29)19-15-11-9-7-8-10-12-16-20-26(30)34-22-32-24(28)18-14-6-4-2/h3-22H2,1-2H3. The summed E-state index contributed by atoms with van der Waals surface area (Å²) >= 11 is 0. The van der Waals surface area contributed by atoms with Gasteiger partial charge < -0.3 is 18.9 Å². The van der Waals surface area contributed by atoms with Crippen LogP contribution in [-0.2, 0) is 38.1 Å². The lowest BCUT2D eigenvalue weighted by Crippen LogP contribution is -2.12. The summed E-state index contributed by atoms with van der Waals surface area (Å²) in [6, 6.07) is 0. The summed E-state index contributed by atoms with van der Waals surface area (Å²) in [7, 11) is 0. The lowest BCUT2D eigenvalue weighted by Gasteiger charge is -2.07. The van der Waals surface area contributed by atoms with E-state index in [-0.39, 0.29) is 37.5 Å². The maximum atomic E-state index is 11.6. The fourth-order valence-electron chi connectivity index (χ4n) is 3.25. The number of hydrogen-bond acceptors (Lipinski definition) is 8. The smallest absolute Gasteiger partial charge is 0.308 e. The van der Waals surface area contributed by atoms with Gasteiger partial charge in [0, 0.05) is 25.7 Å². The highest BCUT2D eigenvalue weighted by Gasteiger charge is 2.07. The molecule has 0 atom stereocenters. The Kier molecular flexibility index (Phi) is 22.5. The molecule has 0 aromatic rings. The SMILES string of the molecule is CCCCCC(=O)OCOC(=O)CCCCCCCCCCC(=O)OCOC(=O)CCCCC. The number of hydrogen-bond donors (Lipinski definition) is 0. The highest BCUT2D eigenvalue weighted by atomic mass is 16.7. The van der Waals surface area contributed by atoms with Crippen molar-refractivity contribution in [2.24, 2.45) is 0 Å². The zero-order valence-corrected chi connectivity index (χ0v) is 21.4. The largest absolute Gasteiger partial charge is 0.428 e. The van der Waals surface area contributed by atoms with Crippen LogP contribution in [0.2, 0.25) is 0 Å². The van der Waals surface area contributed by atoms with Gasteiger partial charge in [-0.25, -0.2) is 0 Å². The predicted molar refractivity (Wildman–Crippen MR) is 129 cm³/mol. The van der Waals surface area contributed by atoms with Gasteiger partial charge in [-0.1, -0.05) is 78.1 Å². The van der Waals surface area contributed by atoms with E-state index in [2.05, 4.69) is 13.8 Å². The summed E-state index contributed by atoms with van der Waals surface area (Å²) in [4.78, 5) is 46.1. The average Bonchev–Trinajstić information content (AvgIpc) is 2.80. The predicted octanol–water partition coefficient (Wildman–Crippen LogP) is 6.14. The molecule has 0 unspecified atom stereocenters. The quantitative estimate of drug-likeness (QED) is 0.0964. The molecule has 0 aliphatic carbocycles. The summed E-state index contributed by atoms with van der Waals surface area (Å²) in [5.41, 5.74) is 0. The van der Waals surface area contributed by atoms with E-state index in [1.165, 1.54) is 0 Å². The zero-order chi connectivity index (χ0) is 25.3. The van der Waals surface area contributed by atoms with E-state index in [4.69, 9.17) is 18.9 Å². The van der Waals surface area contributed by atoms with Crippen molar-refractivity contribution < 1.29 is 38.1 Å². The summed E-state index contributed by atoms with van der Waals surface area (Å²) in [6.07, 6.45) is 14.8. The molecule has 0 aromatic heterocycles. The van der Waals surface area contributed by atoms with Gasteiger partial charge in [-0.3, -0.25) is 19.2 Å². The first-order chi connectivity index (χ1) is 16.5. The molecule has 0 rings (SSSR count). The van der Waals surface area contributed by atoms with Gasteiger partial charge in [-0.2, -0.15) is 0 Å². The van der Waals surface area contributed by atoms with Gasteiger partial charge in [0.1, 0.15) is 0 Å². The number of ether oxygens (including phenoxy) is 4. The molecule has 0 aliphatic rings. The number of esters is 4. The molecule has 0 radical (unpaired) electrons. The molecule has 0 N–H and O–H groups in total. The molecule has 198 valence electrons. The summed E-state index contributed by atoms with van der Waals surface area (Å²) in [5.74, 6) is -1.31. The van der Waals surface area contributed by atoms with Gasteiger partial charge in [0.25, 0.3) is 0 Å². The van der Waals surface area contributed by atoms with Gasteiger partial charge in [0.2, 0.25) is 13.6 Å². The van der Waals surface area contributed by atoms with Crippen molar-refractivity contribution in [1.29, 1.82) is 0 Å². The molecule has 0 bridgehead atoms. The molecule has 0 amide bonds. The van der Waals surface area contributed by atoms with Crippen LogP contribution < -0.4 is 0 Å². The summed E-state index contributed by atoms with van der Waals surface area (Å²) in [5, 5.41) is 0. The third-order valence-corrected chi connectivity index (χ3v) is 5.36. The molecule has 0 heterocycles. The maximum absolute atomic E-state index is 11.6. The maximum Gasteiger partial charge on any atom is 0.308 e. The first-order valence-electron chi connectivity index (χ1n) is 13.1. The monoisotopic (exact) mass is 486 g/mol. The van der Waals surface area contributed by atoms with Crippen LogP contribution in [0.3, 0.4) is 0 Å². The highest BCUT2D eigenvalue weighted by molar-refractivity contribution is 5.71. The number of unbranched alkanes of at least 4 members (excludes halogenated alkanes) is 11. The third kappa shape index (κ3) is 23.1. The van der Waals surface area contributed by atoms with E-state index in [0.29, 0.717) is 25.7 Å². The van der Waals surface area contributed by atoms with E-state index in [9.17, 15) is 19.2 Å². The van der Waals surface area contributed by atoms with Crippen molar-refractivity contribution >= 4 is 23.9 Å². The lowest BCUT2D eigenvalue weighted by molar-refractivity contribution is -0.169. The highest BCUT2D eigenvalue weighted by Crippen LogP contribution is 2.11. The molecule has 8 nitrogen and oxygen atoms in total.